The average molecular weight is 303 g/mol. The van der Waals surface area contributed by atoms with Crippen LogP contribution in [0.4, 0.5) is 0 Å². The largest absolute Gasteiger partial charge is 0.507 e. The first-order valence-corrected chi connectivity index (χ1v) is 8.97. The van der Waals surface area contributed by atoms with Crippen molar-refractivity contribution in [3.05, 3.63) is 28.8 Å². The monoisotopic (exact) mass is 302 g/mol. The van der Waals surface area contributed by atoms with Gasteiger partial charge in [0.1, 0.15) is 5.75 Å². The second-order valence-electron chi connectivity index (χ2n) is 8.97. The maximum absolute atomic E-state index is 10.6. The Labute approximate surface area is 137 Å². The van der Waals surface area contributed by atoms with Crippen LogP contribution in [0.2, 0.25) is 0 Å². The Morgan fingerprint density at radius 3 is 1.91 bits per heavy atom. The number of hydrogen-bond donors (Lipinski definition) is 1. The fraction of sp³-hybridized carbons (Fsp3) is 0.714. The van der Waals surface area contributed by atoms with Gasteiger partial charge in [-0.2, -0.15) is 0 Å². The quantitative estimate of drug-likeness (QED) is 0.669. The van der Waals surface area contributed by atoms with Crippen molar-refractivity contribution in [2.24, 2.45) is 11.3 Å². The van der Waals surface area contributed by atoms with Crippen molar-refractivity contribution in [1.29, 1.82) is 0 Å². The summed E-state index contributed by atoms with van der Waals surface area (Å²) in [6.45, 7) is 15.9. The zero-order chi connectivity index (χ0) is 16.7. The Balaban J connectivity index is 2.46. The van der Waals surface area contributed by atoms with Crippen LogP contribution in [0.15, 0.2) is 12.1 Å². The van der Waals surface area contributed by atoms with Crippen molar-refractivity contribution in [3.63, 3.8) is 0 Å². The van der Waals surface area contributed by atoms with Gasteiger partial charge < -0.3 is 5.11 Å². The van der Waals surface area contributed by atoms with E-state index in [0.717, 1.165) is 17.0 Å². The van der Waals surface area contributed by atoms with E-state index >= 15 is 0 Å². The van der Waals surface area contributed by atoms with E-state index in [2.05, 4.69) is 60.6 Å². The fourth-order valence-electron chi connectivity index (χ4n) is 4.42. The standard InChI is InChI=1S/C21H34O/c1-13(2)18-9-16(10-19(14(3)4)20(18)22)17-8-15(5)11-21(6,7)12-17/h9-10,13-15,17,22H,8,11-12H2,1-7H3. The molecule has 0 bridgehead atoms. The lowest BCUT2D eigenvalue weighted by Crippen LogP contribution is -2.26. The SMILES string of the molecule is CC1CC(c2cc(C(C)C)c(O)c(C(C)C)c2)CC(C)(C)C1. The second kappa shape index (κ2) is 6.26. The average Bonchev–Trinajstić information content (AvgIpc) is 2.35. The molecule has 0 spiro atoms. The normalized spacial score (nSPS) is 25.0. The van der Waals surface area contributed by atoms with Crippen LogP contribution in [-0.4, -0.2) is 5.11 Å². The molecule has 0 saturated heterocycles. The molecule has 2 unspecified atom stereocenters. The molecule has 2 atom stereocenters. The summed E-state index contributed by atoms with van der Waals surface area (Å²) < 4.78 is 0. The molecule has 0 aromatic heterocycles. The molecule has 0 radical (unpaired) electrons. The summed E-state index contributed by atoms with van der Waals surface area (Å²) in [5, 5.41) is 10.6. The molecule has 0 heterocycles. The van der Waals surface area contributed by atoms with Gasteiger partial charge in [0.15, 0.2) is 0 Å². The molecule has 1 aromatic carbocycles. The number of benzene rings is 1. The number of hydrogen-bond acceptors (Lipinski definition) is 1. The molecule has 1 fully saturated rings. The molecule has 1 nitrogen and oxygen atoms in total. The van der Waals surface area contributed by atoms with E-state index in [0.29, 0.717) is 28.9 Å². The van der Waals surface area contributed by atoms with Gasteiger partial charge in [0, 0.05) is 0 Å². The summed E-state index contributed by atoms with van der Waals surface area (Å²) in [5.74, 6) is 2.68. The van der Waals surface area contributed by atoms with Crippen molar-refractivity contribution in [3.8, 4) is 5.75 Å². The van der Waals surface area contributed by atoms with Crippen molar-refractivity contribution in [2.45, 2.75) is 85.5 Å². The number of phenols is 1. The lowest BCUT2D eigenvalue weighted by molar-refractivity contribution is 0.168. The highest BCUT2D eigenvalue weighted by Crippen LogP contribution is 2.47. The number of phenolic OH excluding ortho intramolecular Hbond substituents is 1. The summed E-state index contributed by atoms with van der Waals surface area (Å²) in [4.78, 5) is 0. The molecule has 1 aliphatic rings. The minimum absolute atomic E-state index is 0.367. The maximum Gasteiger partial charge on any atom is 0.122 e. The molecule has 22 heavy (non-hydrogen) atoms. The Bertz CT molecular complexity index is 496. The molecule has 2 rings (SSSR count). The van der Waals surface area contributed by atoms with E-state index in [-0.39, 0.29) is 0 Å². The first kappa shape index (κ1) is 17.4. The lowest BCUT2D eigenvalue weighted by atomic mass is 9.66. The van der Waals surface area contributed by atoms with Gasteiger partial charge in [-0.3, -0.25) is 0 Å². The predicted octanol–water partition coefficient (Wildman–Crippen LogP) is 6.57. The van der Waals surface area contributed by atoms with Crippen molar-refractivity contribution < 1.29 is 5.11 Å². The van der Waals surface area contributed by atoms with Gasteiger partial charge in [0.25, 0.3) is 0 Å². The number of rotatable bonds is 3. The Hall–Kier alpha value is -0.980. The molecule has 124 valence electrons. The van der Waals surface area contributed by atoms with Crippen LogP contribution in [0.1, 0.15) is 102 Å². The van der Waals surface area contributed by atoms with Crippen molar-refractivity contribution in [1.82, 2.24) is 0 Å². The van der Waals surface area contributed by atoms with Gasteiger partial charge in [-0.05, 0) is 65.0 Å². The van der Waals surface area contributed by atoms with Crippen LogP contribution in [0, 0.1) is 11.3 Å². The third kappa shape index (κ3) is 3.67. The molecule has 0 aliphatic heterocycles. The van der Waals surface area contributed by atoms with Crippen LogP contribution >= 0.6 is 0 Å². The van der Waals surface area contributed by atoms with E-state index < -0.39 is 0 Å². The molecule has 0 amide bonds. The third-order valence-corrected chi connectivity index (χ3v) is 5.29. The van der Waals surface area contributed by atoms with Crippen molar-refractivity contribution >= 4 is 0 Å². The Kier molecular flexibility index (Phi) is 4.94. The fourth-order valence-corrected chi connectivity index (χ4v) is 4.42. The zero-order valence-electron chi connectivity index (χ0n) is 15.5. The van der Waals surface area contributed by atoms with Gasteiger partial charge in [-0.25, -0.2) is 0 Å². The van der Waals surface area contributed by atoms with Crippen LogP contribution in [0.5, 0.6) is 5.75 Å². The van der Waals surface area contributed by atoms with E-state index in [1.165, 1.54) is 24.8 Å². The van der Waals surface area contributed by atoms with Crippen LogP contribution in [0.3, 0.4) is 0 Å². The molecule has 1 aliphatic carbocycles. The van der Waals surface area contributed by atoms with E-state index in [1.54, 1.807) is 0 Å². The molecule has 1 aromatic rings. The third-order valence-electron chi connectivity index (χ3n) is 5.29. The molecular formula is C21H34O. The van der Waals surface area contributed by atoms with Gasteiger partial charge >= 0.3 is 0 Å². The minimum Gasteiger partial charge on any atom is -0.507 e. The highest BCUT2D eigenvalue weighted by atomic mass is 16.3. The summed E-state index contributed by atoms with van der Waals surface area (Å²) in [7, 11) is 0. The van der Waals surface area contributed by atoms with E-state index in [1.807, 2.05) is 0 Å². The summed E-state index contributed by atoms with van der Waals surface area (Å²) in [5.41, 5.74) is 4.12. The van der Waals surface area contributed by atoms with Crippen LogP contribution < -0.4 is 0 Å². The zero-order valence-corrected chi connectivity index (χ0v) is 15.5. The number of aromatic hydroxyl groups is 1. The maximum atomic E-state index is 10.6. The smallest absolute Gasteiger partial charge is 0.122 e. The van der Waals surface area contributed by atoms with Crippen LogP contribution in [-0.2, 0) is 0 Å². The van der Waals surface area contributed by atoms with E-state index in [9.17, 15) is 5.11 Å². The molecular weight excluding hydrogens is 268 g/mol. The van der Waals surface area contributed by atoms with Gasteiger partial charge in [-0.1, -0.05) is 60.6 Å². The molecule has 1 N–H and O–H groups in total. The summed E-state index contributed by atoms with van der Waals surface area (Å²) in [6, 6.07) is 4.56. The predicted molar refractivity (Wildman–Crippen MR) is 95.8 cm³/mol. The molecule has 1 saturated carbocycles. The first-order valence-electron chi connectivity index (χ1n) is 8.97. The second-order valence-corrected chi connectivity index (χ2v) is 8.97. The minimum atomic E-state index is 0.367. The Morgan fingerprint density at radius 1 is 1.00 bits per heavy atom. The first-order chi connectivity index (χ1) is 10.1. The van der Waals surface area contributed by atoms with E-state index in [4.69, 9.17) is 0 Å². The van der Waals surface area contributed by atoms with Crippen molar-refractivity contribution in [2.75, 3.05) is 0 Å². The highest BCUT2D eigenvalue weighted by Gasteiger charge is 2.33. The topological polar surface area (TPSA) is 20.2 Å². The van der Waals surface area contributed by atoms with Gasteiger partial charge in [0.05, 0.1) is 0 Å². The van der Waals surface area contributed by atoms with Crippen LogP contribution in [0.25, 0.3) is 0 Å². The summed E-state index contributed by atoms with van der Waals surface area (Å²) in [6.07, 6.45) is 3.87. The Morgan fingerprint density at radius 2 is 1.50 bits per heavy atom. The van der Waals surface area contributed by atoms with Gasteiger partial charge in [-0.15, -0.1) is 0 Å². The molecule has 1 heteroatoms. The lowest BCUT2D eigenvalue weighted by Gasteiger charge is -2.39. The highest BCUT2D eigenvalue weighted by molar-refractivity contribution is 5.47. The van der Waals surface area contributed by atoms with Gasteiger partial charge in [0.2, 0.25) is 0 Å². The summed E-state index contributed by atoms with van der Waals surface area (Å²) >= 11 is 0.